The molecule has 3 rings (SSSR count). The molecule has 0 saturated carbocycles. The lowest BCUT2D eigenvalue weighted by Gasteiger charge is -2.06. The zero-order valence-corrected chi connectivity index (χ0v) is 14.5. The third-order valence-electron chi connectivity index (χ3n) is 3.47. The van der Waals surface area contributed by atoms with E-state index in [0.717, 1.165) is 41.2 Å². The van der Waals surface area contributed by atoms with Crippen LogP contribution in [0.4, 0.5) is 5.69 Å². The van der Waals surface area contributed by atoms with Crippen LogP contribution in [-0.2, 0) is 17.8 Å². The molecule has 3 heterocycles. The van der Waals surface area contributed by atoms with Crippen molar-refractivity contribution in [1.29, 1.82) is 0 Å². The van der Waals surface area contributed by atoms with E-state index in [9.17, 15) is 4.55 Å². The zero-order valence-electron chi connectivity index (χ0n) is 13.6. The van der Waals surface area contributed by atoms with E-state index < -0.39 is 11.4 Å². The summed E-state index contributed by atoms with van der Waals surface area (Å²) in [7, 11) is 0. The monoisotopic (exact) mass is 341 g/mol. The van der Waals surface area contributed by atoms with Gasteiger partial charge in [-0.25, -0.2) is 9.40 Å². The van der Waals surface area contributed by atoms with Gasteiger partial charge >= 0.3 is 0 Å². The number of pyridine rings is 2. The molecule has 1 atom stereocenters. The first kappa shape index (κ1) is 16.5. The van der Waals surface area contributed by atoms with Gasteiger partial charge in [-0.2, -0.15) is 5.10 Å². The zero-order chi connectivity index (χ0) is 16.9. The molecule has 0 fully saturated rings. The Bertz CT molecular complexity index is 801. The van der Waals surface area contributed by atoms with Crippen LogP contribution >= 0.6 is 0 Å². The second-order valence-electron chi connectivity index (χ2n) is 5.42. The molecule has 0 saturated heterocycles. The van der Waals surface area contributed by atoms with Gasteiger partial charge in [-0.05, 0) is 30.7 Å². The van der Waals surface area contributed by atoms with E-state index in [1.54, 1.807) is 18.6 Å². The first-order valence-corrected chi connectivity index (χ1v) is 9.28. The summed E-state index contributed by atoms with van der Waals surface area (Å²) in [5.74, 6) is 0. The van der Waals surface area contributed by atoms with E-state index >= 15 is 0 Å². The maximum atomic E-state index is 11.2. The molecule has 1 N–H and O–H groups in total. The van der Waals surface area contributed by atoms with E-state index in [1.807, 2.05) is 35.3 Å². The van der Waals surface area contributed by atoms with Crippen LogP contribution in [0.25, 0.3) is 16.9 Å². The molecular formula is C17H19N5OS. The number of rotatable bonds is 6. The summed E-state index contributed by atoms with van der Waals surface area (Å²) in [6.07, 6.45) is 10.8. The molecule has 0 aliphatic heterocycles. The lowest BCUT2D eigenvalue weighted by atomic mass is 10.2. The molecule has 0 radical (unpaired) electrons. The van der Waals surface area contributed by atoms with Gasteiger partial charge in [0.05, 0.1) is 40.8 Å². The van der Waals surface area contributed by atoms with Gasteiger partial charge in [0, 0.05) is 23.7 Å². The predicted molar refractivity (Wildman–Crippen MR) is 96.3 cm³/mol. The van der Waals surface area contributed by atoms with E-state index in [0.29, 0.717) is 0 Å². The average molecular weight is 341 g/mol. The highest BCUT2D eigenvalue weighted by atomic mass is 32.2. The van der Waals surface area contributed by atoms with Gasteiger partial charge in [0.15, 0.2) is 0 Å². The second-order valence-corrected chi connectivity index (χ2v) is 6.53. The summed E-state index contributed by atoms with van der Waals surface area (Å²) < 4.78 is 15.8. The van der Waals surface area contributed by atoms with Gasteiger partial charge < -0.3 is 4.55 Å². The van der Waals surface area contributed by atoms with Crippen LogP contribution in [0.3, 0.4) is 0 Å². The average Bonchev–Trinajstić information content (AvgIpc) is 3.06. The summed E-state index contributed by atoms with van der Waals surface area (Å²) in [6.45, 7) is 2.14. The second kappa shape index (κ2) is 7.46. The van der Waals surface area contributed by atoms with Crippen molar-refractivity contribution < 1.29 is 4.55 Å². The Morgan fingerprint density at radius 3 is 2.79 bits per heavy atom. The lowest BCUT2D eigenvalue weighted by Crippen LogP contribution is -2.09. The van der Waals surface area contributed by atoms with E-state index in [2.05, 4.69) is 32.8 Å². The molecular weight excluding hydrogens is 322 g/mol. The highest BCUT2D eigenvalue weighted by molar-refractivity contribution is 7.92. The first-order valence-electron chi connectivity index (χ1n) is 7.72. The molecule has 0 amide bonds. The van der Waals surface area contributed by atoms with E-state index in [-0.39, 0.29) is 0 Å². The minimum atomic E-state index is -1.11. The van der Waals surface area contributed by atoms with Crippen molar-refractivity contribution in [3.63, 3.8) is 0 Å². The number of nitrogens with one attached hydrogen (secondary N) is 1. The fourth-order valence-corrected chi connectivity index (χ4v) is 2.84. The highest BCUT2D eigenvalue weighted by Gasteiger charge is 2.07. The molecule has 3 aromatic heterocycles. The van der Waals surface area contributed by atoms with Gasteiger partial charge in [-0.1, -0.05) is 13.3 Å². The standard InChI is InChI=1S/C17H19N5OS/c1-3-4-14-9-16(7-8-18-14)22-12-13(10-20-22)17-6-5-15(11-19-17)21-24(2)23/h5-12,21H,3-4H2,1-2H3. The topological polar surface area (TPSA) is 78.7 Å². The summed E-state index contributed by atoms with van der Waals surface area (Å²) >= 11 is -1.11. The van der Waals surface area contributed by atoms with Gasteiger partial charge in [0.1, 0.15) is 6.26 Å². The Morgan fingerprint density at radius 2 is 2.08 bits per heavy atom. The van der Waals surface area contributed by atoms with Crippen LogP contribution in [0.5, 0.6) is 0 Å². The number of hydrogen-bond acceptors (Lipinski definition) is 5. The summed E-state index contributed by atoms with van der Waals surface area (Å²) in [5.41, 5.74) is 4.52. The van der Waals surface area contributed by atoms with Gasteiger partial charge in [-0.15, -0.1) is 0 Å². The third kappa shape index (κ3) is 3.93. The SMILES string of the molecule is CCCc1cc(-n2cc(-c3ccc(N[S+](C)[O-])cn3)cn2)ccn1. The fraction of sp³-hybridized carbons (Fsp3) is 0.235. The molecule has 124 valence electrons. The molecule has 0 aliphatic rings. The minimum absolute atomic E-state index is 0.727. The largest absolute Gasteiger partial charge is 0.593 e. The predicted octanol–water partition coefficient (Wildman–Crippen LogP) is 2.99. The van der Waals surface area contributed by atoms with Crippen molar-refractivity contribution in [1.82, 2.24) is 19.7 Å². The van der Waals surface area contributed by atoms with Gasteiger partial charge in [0.2, 0.25) is 0 Å². The third-order valence-corrected chi connectivity index (χ3v) is 4.00. The van der Waals surface area contributed by atoms with Crippen LogP contribution in [0.15, 0.2) is 49.1 Å². The maximum absolute atomic E-state index is 11.2. The molecule has 7 heteroatoms. The molecule has 3 aromatic rings. The molecule has 6 nitrogen and oxygen atoms in total. The molecule has 0 spiro atoms. The number of nitrogens with zero attached hydrogens (tertiary/aromatic N) is 4. The number of aromatic nitrogens is 4. The molecule has 0 aliphatic carbocycles. The lowest BCUT2D eigenvalue weighted by molar-refractivity contribution is 0.605. The Morgan fingerprint density at radius 1 is 1.21 bits per heavy atom. The van der Waals surface area contributed by atoms with Crippen molar-refractivity contribution in [2.75, 3.05) is 11.0 Å². The number of aryl methyl sites for hydroxylation is 1. The van der Waals surface area contributed by atoms with Crippen molar-refractivity contribution in [2.24, 2.45) is 0 Å². The number of hydrogen-bond donors (Lipinski definition) is 1. The Hall–Kier alpha value is -2.38. The maximum Gasteiger partial charge on any atom is 0.121 e. The quantitative estimate of drug-likeness (QED) is 0.697. The minimum Gasteiger partial charge on any atom is -0.593 e. The van der Waals surface area contributed by atoms with Crippen LogP contribution in [0, 0.1) is 0 Å². The van der Waals surface area contributed by atoms with Crippen LogP contribution in [0.2, 0.25) is 0 Å². The van der Waals surface area contributed by atoms with Crippen LogP contribution in [-0.4, -0.2) is 30.6 Å². The van der Waals surface area contributed by atoms with Crippen LogP contribution < -0.4 is 4.72 Å². The van der Waals surface area contributed by atoms with Gasteiger partial charge in [-0.3, -0.25) is 9.97 Å². The summed E-state index contributed by atoms with van der Waals surface area (Å²) in [5, 5.41) is 4.42. The first-order chi connectivity index (χ1) is 11.7. The fourth-order valence-electron chi connectivity index (χ4n) is 2.39. The molecule has 0 aromatic carbocycles. The summed E-state index contributed by atoms with van der Waals surface area (Å²) in [4.78, 5) is 8.76. The molecule has 24 heavy (non-hydrogen) atoms. The van der Waals surface area contributed by atoms with Gasteiger partial charge in [0.25, 0.3) is 0 Å². The van der Waals surface area contributed by atoms with Crippen molar-refractivity contribution in [2.45, 2.75) is 19.8 Å². The van der Waals surface area contributed by atoms with Crippen molar-refractivity contribution >= 4 is 17.0 Å². The van der Waals surface area contributed by atoms with Crippen molar-refractivity contribution in [3.05, 3.63) is 54.7 Å². The van der Waals surface area contributed by atoms with Crippen molar-refractivity contribution in [3.8, 4) is 16.9 Å². The Labute approximate surface area is 144 Å². The normalized spacial score (nSPS) is 12.1. The molecule has 1 unspecified atom stereocenters. The van der Waals surface area contributed by atoms with E-state index in [1.165, 1.54) is 0 Å². The smallest absolute Gasteiger partial charge is 0.121 e. The van der Waals surface area contributed by atoms with Crippen LogP contribution in [0.1, 0.15) is 19.0 Å². The van der Waals surface area contributed by atoms with E-state index in [4.69, 9.17) is 0 Å². The summed E-state index contributed by atoms with van der Waals surface area (Å²) in [6, 6.07) is 7.72. The molecule has 0 bridgehead atoms. The Balaban J connectivity index is 1.81. The number of anilines is 1. The Kier molecular flexibility index (Phi) is 5.12. The highest BCUT2D eigenvalue weighted by Crippen LogP contribution is 2.20.